The maximum atomic E-state index is 5.92. The third-order valence-corrected chi connectivity index (χ3v) is 3.01. The van der Waals surface area contributed by atoms with Crippen molar-refractivity contribution in [1.29, 1.82) is 0 Å². The Bertz CT molecular complexity index is 652. The number of aromatic amines is 1. The average Bonchev–Trinajstić information content (AvgIpc) is 2.73. The summed E-state index contributed by atoms with van der Waals surface area (Å²) in [6, 6.07) is 8.14. The molecule has 2 nitrogen and oxygen atoms in total. The van der Waals surface area contributed by atoms with Crippen LogP contribution in [0.3, 0.4) is 0 Å². The molecule has 16 heavy (non-hydrogen) atoms. The zero-order valence-electron chi connectivity index (χ0n) is 9.79. The van der Waals surface area contributed by atoms with Crippen molar-refractivity contribution >= 4 is 22.1 Å². The number of para-hydroxylation sites is 1. The molecule has 0 atom stereocenters. The predicted octanol–water partition coefficient (Wildman–Crippen LogP) is 4.21. The molecule has 2 aromatic heterocycles. The maximum absolute atomic E-state index is 5.92. The van der Waals surface area contributed by atoms with Gasteiger partial charge in [-0.15, -0.1) is 0 Å². The van der Waals surface area contributed by atoms with E-state index in [0.717, 1.165) is 22.1 Å². The highest BCUT2D eigenvalue weighted by Crippen LogP contribution is 2.35. The molecule has 0 spiro atoms. The van der Waals surface area contributed by atoms with E-state index in [2.05, 4.69) is 38.0 Å². The van der Waals surface area contributed by atoms with Crippen LogP contribution in [0.5, 0.6) is 0 Å². The van der Waals surface area contributed by atoms with Gasteiger partial charge in [-0.1, -0.05) is 32.9 Å². The van der Waals surface area contributed by atoms with E-state index in [-0.39, 0.29) is 5.41 Å². The molecule has 0 aliphatic heterocycles. The van der Waals surface area contributed by atoms with E-state index >= 15 is 0 Å². The van der Waals surface area contributed by atoms with Crippen molar-refractivity contribution in [2.75, 3.05) is 0 Å². The second kappa shape index (κ2) is 2.91. The molecule has 0 bridgehead atoms. The fraction of sp³-hybridized carbons (Fsp3) is 0.286. The molecule has 0 saturated heterocycles. The summed E-state index contributed by atoms with van der Waals surface area (Å²) in [6.45, 7) is 6.59. The lowest BCUT2D eigenvalue weighted by Gasteiger charge is -2.15. The fourth-order valence-electron chi connectivity index (χ4n) is 2.15. The third-order valence-electron chi connectivity index (χ3n) is 3.01. The number of H-pyrrole nitrogens is 1. The maximum Gasteiger partial charge on any atom is 0.156 e. The van der Waals surface area contributed by atoms with E-state index in [1.165, 1.54) is 5.56 Å². The molecular weight excluding hydrogens is 198 g/mol. The second-order valence-electron chi connectivity index (χ2n) is 5.25. The fourth-order valence-corrected chi connectivity index (χ4v) is 2.15. The number of benzene rings is 1. The van der Waals surface area contributed by atoms with Crippen LogP contribution in [0.15, 0.2) is 34.9 Å². The quantitative estimate of drug-likeness (QED) is 0.595. The first-order valence-corrected chi connectivity index (χ1v) is 5.56. The van der Waals surface area contributed by atoms with Crippen LogP contribution in [0.1, 0.15) is 26.3 Å². The first-order valence-electron chi connectivity index (χ1n) is 5.56. The molecule has 0 radical (unpaired) electrons. The number of aromatic nitrogens is 1. The van der Waals surface area contributed by atoms with Gasteiger partial charge in [0.1, 0.15) is 5.58 Å². The van der Waals surface area contributed by atoms with Crippen molar-refractivity contribution in [2.45, 2.75) is 26.2 Å². The van der Waals surface area contributed by atoms with E-state index in [4.69, 9.17) is 4.42 Å². The third kappa shape index (κ3) is 1.19. The number of rotatable bonds is 0. The van der Waals surface area contributed by atoms with Crippen LogP contribution in [0, 0.1) is 0 Å². The average molecular weight is 213 g/mol. The monoisotopic (exact) mass is 213 g/mol. The van der Waals surface area contributed by atoms with Crippen molar-refractivity contribution in [3.05, 3.63) is 36.0 Å². The zero-order valence-corrected chi connectivity index (χ0v) is 9.79. The molecular formula is C14H15NO. The molecule has 82 valence electrons. The summed E-state index contributed by atoms with van der Waals surface area (Å²) in [5.41, 5.74) is 4.40. The zero-order chi connectivity index (χ0) is 11.3. The number of hydrogen-bond donors (Lipinski definition) is 1. The minimum absolute atomic E-state index is 0.103. The molecule has 3 rings (SSSR count). The molecule has 1 N–H and O–H groups in total. The van der Waals surface area contributed by atoms with Crippen LogP contribution in [-0.2, 0) is 5.41 Å². The Labute approximate surface area is 94.3 Å². The highest BCUT2D eigenvalue weighted by atomic mass is 16.3. The molecule has 0 aliphatic carbocycles. The lowest BCUT2D eigenvalue weighted by atomic mass is 9.89. The van der Waals surface area contributed by atoms with Gasteiger partial charge in [0.25, 0.3) is 0 Å². The topological polar surface area (TPSA) is 28.9 Å². The summed E-state index contributed by atoms with van der Waals surface area (Å²) in [4.78, 5) is 3.32. The highest BCUT2D eigenvalue weighted by molar-refractivity contribution is 6.04. The van der Waals surface area contributed by atoms with Gasteiger partial charge in [0, 0.05) is 17.1 Å². The first kappa shape index (κ1) is 9.52. The summed E-state index contributed by atoms with van der Waals surface area (Å²) < 4.78 is 5.92. The van der Waals surface area contributed by atoms with Crippen LogP contribution in [0.25, 0.3) is 22.1 Å². The molecule has 0 amide bonds. The van der Waals surface area contributed by atoms with Gasteiger partial charge in [-0.3, -0.25) is 0 Å². The van der Waals surface area contributed by atoms with E-state index < -0.39 is 0 Å². The Kier molecular flexibility index (Phi) is 1.73. The lowest BCUT2D eigenvalue weighted by molar-refractivity contribution is 0.574. The second-order valence-corrected chi connectivity index (χ2v) is 5.25. The molecule has 3 aromatic rings. The summed E-state index contributed by atoms with van der Waals surface area (Å²) in [5.74, 6) is 0. The van der Waals surface area contributed by atoms with E-state index in [9.17, 15) is 0 Å². The van der Waals surface area contributed by atoms with Gasteiger partial charge in [-0.2, -0.15) is 0 Å². The SMILES string of the molecule is CC(C)(C)c1c[nH]c2c1oc1ccccc12. The lowest BCUT2D eigenvalue weighted by Crippen LogP contribution is -2.09. The number of hydrogen-bond acceptors (Lipinski definition) is 1. The molecule has 0 unspecified atom stereocenters. The number of nitrogens with one attached hydrogen (secondary N) is 1. The summed E-state index contributed by atoms with van der Waals surface area (Å²) in [6.07, 6.45) is 2.06. The molecule has 2 heterocycles. The molecule has 0 fully saturated rings. The van der Waals surface area contributed by atoms with Gasteiger partial charge < -0.3 is 9.40 Å². The molecule has 0 aliphatic rings. The van der Waals surface area contributed by atoms with Crippen molar-refractivity contribution in [2.24, 2.45) is 0 Å². The van der Waals surface area contributed by atoms with E-state index in [0.29, 0.717) is 0 Å². The van der Waals surface area contributed by atoms with Crippen molar-refractivity contribution < 1.29 is 4.42 Å². The Balaban J connectivity index is 2.43. The minimum Gasteiger partial charge on any atom is -0.454 e. The first-order chi connectivity index (χ1) is 7.57. The Morgan fingerprint density at radius 2 is 1.88 bits per heavy atom. The standard InChI is InChI=1S/C14H15NO/c1-14(2,3)10-8-15-12-9-6-4-5-7-11(9)16-13(10)12/h4-8,15H,1-3H3. The van der Waals surface area contributed by atoms with Gasteiger partial charge >= 0.3 is 0 Å². The summed E-state index contributed by atoms with van der Waals surface area (Å²) >= 11 is 0. The predicted molar refractivity (Wildman–Crippen MR) is 66.8 cm³/mol. The highest BCUT2D eigenvalue weighted by Gasteiger charge is 2.22. The minimum atomic E-state index is 0.103. The van der Waals surface area contributed by atoms with Crippen molar-refractivity contribution in [1.82, 2.24) is 4.98 Å². The van der Waals surface area contributed by atoms with E-state index in [1.807, 2.05) is 18.2 Å². The molecule has 0 saturated carbocycles. The van der Waals surface area contributed by atoms with Crippen molar-refractivity contribution in [3.63, 3.8) is 0 Å². The number of furan rings is 1. The van der Waals surface area contributed by atoms with Crippen LogP contribution in [-0.4, -0.2) is 4.98 Å². The van der Waals surface area contributed by atoms with Gasteiger partial charge in [-0.05, 0) is 17.5 Å². The normalized spacial score (nSPS) is 12.7. The largest absolute Gasteiger partial charge is 0.454 e. The van der Waals surface area contributed by atoms with Crippen LogP contribution >= 0.6 is 0 Å². The number of fused-ring (bicyclic) bond motifs is 3. The molecule has 1 aromatic carbocycles. The van der Waals surface area contributed by atoms with E-state index in [1.54, 1.807) is 0 Å². The Hall–Kier alpha value is -1.70. The van der Waals surface area contributed by atoms with Crippen LogP contribution < -0.4 is 0 Å². The summed E-state index contributed by atoms with van der Waals surface area (Å²) in [7, 11) is 0. The smallest absolute Gasteiger partial charge is 0.156 e. The van der Waals surface area contributed by atoms with Gasteiger partial charge in [0.2, 0.25) is 0 Å². The Morgan fingerprint density at radius 3 is 2.62 bits per heavy atom. The van der Waals surface area contributed by atoms with Crippen molar-refractivity contribution in [3.8, 4) is 0 Å². The van der Waals surface area contributed by atoms with Crippen LogP contribution in [0.4, 0.5) is 0 Å². The van der Waals surface area contributed by atoms with Gasteiger partial charge in [-0.25, -0.2) is 0 Å². The van der Waals surface area contributed by atoms with Gasteiger partial charge in [0.15, 0.2) is 5.58 Å². The Morgan fingerprint density at radius 1 is 1.12 bits per heavy atom. The van der Waals surface area contributed by atoms with Gasteiger partial charge in [0.05, 0.1) is 5.52 Å². The van der Waals surface area contributed by atoms with Crippen LogP contribution in [0.2, 0.25) is 0 Å². The summed E-state index contributed by atoms with van der Waals surface area (Å²) in [5, 5.41) is 1.16. The molecule has 2 heteroatoms.